The first-order chi connectivity index (χ1) is 14.8. The number of ether oxygens (including phenoxy) is 1. The molecule has 0 radical (unpaired) electrons. The predicted octanol–water partition coefficient (Wildman–Crippen LogP) is 3.50. The third-order valence-electron chi connectivity index (χ3n) is 5.27. The van der Waals surface area contributed by atoms with Gasteiger partial charge >= 0.3 is 0 Å². The van der Waals surface area contributed by atoms with E-state index in [4.69, 9.17) is 4.74 Å². The van der Waals surface area contributed by atoms with Crippen LogP contribution in [0, 0.1) is 0 Å². The van der Waals surface area contributed by atoms with Gasteiger partial charge in [-0.15, -0.1) is 11.3 Å². The molecule has 1 saturated heterocycles. The Bertz CT molecular complexity index is 922. The van der Waals surface area contributed by atoms with Crippen molar-refractivity contribution in [3.05, 3.63) is 82.3 Å². The van der Waals surface area contributed by atoms with Gasteiger partial charge in [0.25, 0.3) is 0 Å². The summed E-state index contributed by atoms with van der Waals surface area (Å²) in [5.41, 5.74) is 2.13. The Morgan fingerprint density at radius 2 is 1.67 bits per heavy atom. The van der Waals surface area contributed by atoms with E-state index in [0.717, 1.165) is 55.6 Å². The molecule has 1 amide bonds. The van der Waals surface area contributed by atoms with Gasteiger partial charge in [-0.3, -0.25) is 9.69 Å². The number of thiazole rings is 1. The van der Waals surface area contributed by atoms with E-state index in [9.17, 15) is 4.79 Å². The van der Waals surface area contributed by atoms with Crippen molar-refractivity contribution in [1.29, 1.82) is 0 Å². The smallest absolute Gasteiger partial charge is 0.228 e. The molecule has 1 aliphatic rings. The molecule has 6 heteroatoms. The van der Waals surface area contributed by atoms with Crippen molar-refractivity contribution in [2.45, 2.75) is 12.8 Å². The first-order valence-electron chi connectivity index (χ1n) is 10.4. The van der Waals surface area contributed by atoms with E-state index in [2.05, 4.69) is 22.0 Å². The average molecular weight is 422 g/mol. The second-order valence-corrected chi connectivity index (χ2v) is 8.40. The molecule has 4 rings (SSSR count). The Morgan fingerprint density at radius 3 is 2.40 bits per heavy atom. The molecule has 0 atom stereocenters. The number of piperazine rings is 1. The molecule has 1 aromatic heterocycles. The molecule has 0 bridgehead atoms. The van der Waals surface area contributed by atoms with Crippen LogP contribution in [0.2, 0.25) is 0 Å². The van der Waals surface area contributed by atoms with Gasteiger partial charge in [-0.05, 0) is 17.7 Å². The molecule has 3 aromatic rings. The summed E-state index contributed by atoms with van der Waals surface area (Å²) in [6, 6.07) is 20.2. The van der Waals surface area contributed by atoms with Crippen LogP contribution < -0.4 is 4.74 Å². The number of benzene rings is 2. The van der Waals surface area contributed by atoms with Gasteiger partial charge in [0.15, 0.2) is 0 Å². The number of nitrogens with zero attached hydrogens (tertiary/aromatic N) is 3. The standard InChI is InChI=1S/C24H27N3O2S/c28-24(18-21-19-30-23(25-21)17-20-7-3-1-4-8-20)27-13-11-26(12-14-27)15-16-29-22-9-5-2-6-10-22/h1-10,19H,11-18H2. The van der Waals surface area contributed by atoms with Crippen LogP contribution in [0.1, 0.15) is 16.3 Å². The van der Waals surface area contributed by atoms with Gasteiger partial charge in [0.2, 0.25) is 5.91 Å². The molecule has 30 heavy (non-hydrogen) atoms. The maximum atomic E-state index is 12.7. The molecule has 156 valence electrons. The van der Waals surface area contributed by atoms with Gasteiger partial charge in [-0.2, -0.15) is 0 Å². The van der Waals surface area contributed by atoms with E-state index < -0.39 is 0 Å². The van der Waals surface area contributed by atoms with Crippen LogP contribution in [0.3, 0.4) is 0 Å². The molecule has 2 aromatic carbocycles. The Morgan fingerprint density at radius 1 is 0.967 bits per heavy atom. The highest BCUT2D eigenvalue weighted by Crippen LogP contribution is 2.16. The van der Waals surface area contributed by atoms with Gasteiger partial charge in [0, 0.05) is 44.5 Å². The Hall–Kier alpha value is -2.70. The molecule has 1 fully saturated rings. The maximum absolute atomic E-state index is 12.7. The molecule has 2 heterocycles. The first-order valence-corrected chi connectivity index (χ1v) is 11.3. The van der Waals surface area contributed by atoms with Crippen molar-refractivity contribution in [3.63, 3.8) is 0 Å². The van der Waals surface area contributed by atoms with Crippen LogP contribution in [0.15, 0.2) is 66.0 Å². The Kier molecular flexibility index (Phi) is 7.11. The molecular formula is C24H27N3O2S. The molecule has 0 unspecified atom stereocenters. The topological polar surface area (TPSA) is 45.7 Å². The second-order valence-electron chi connectivity index (χ2n) is 7.46. The molecule has 0 N–H and O–H groups in total. The Labute approximate surface area is 181 Å². The van der Waals surface area contributed by atoms with Crippen molar-refractivity contribution in [1.82, 2.24) is 14.8 Å². The zero-order valence-electron chi connectivity index (χ0n) is 17.1. The highest BCUT2D eigenvalue weighted by molar-refractivity contribution is 7.09. The van der Waals surface area contributed by atoms with Crippen molar-refractivity contribution in [2.75, 3.05) is 39.3 Å². The van der Waals surface area contributed by atoms with Crippen LogP contribution >= 0.6 is 11.3 Å². The van der Waals surface area contributed by atoms with Gasteiger partial charge in [-0.25, -0.2) is 4.98 Å². The summed E-state index contributed by atoms with van der Waals surface area (Å²) in [7, 11) is 0. The lowest BCUT2D eigenvalue weighted by Crippen LogP contribution is -2.50. The van der Waals surface area contributed by atoms with Gasteiger partial charge in [0.1, 0.15) is 12.4 Å². The average Bonchev–Trinajstić information content (AvgIpc) is 3.22. The minimum absolute atomic E-state index is 0.173. The van der Waals surface area contributed by atoms with Crippen molar-refractivity contribution < 1.29 is 9.53 Å². The number of hydrogen-bond acceptors (Lipinski definition) is 5. The number of aromatic nitrogens is 1. The summed E-state index contributed by atoms with van der Waals surface area (Å²) in [6.45, 7) is 4.86. The largest absolute Gasteiger partial charge is 0.492 e. The fourth-order valence-corrected chi connectivity index (χ4v) is 4.41. The highest BCUT2D eigenvalue weighted by atomic mass is 32.1. The third-order valence-corrected chi connectivity index (χ3v) is 6.17. The van der Waals surface area contributed by atoms with Crippen molar-refractivity contribution in [2.24, 2.45) is 0 Å². The van der Waals surface area contributed by atoms with Crippen LogP contribution in [-0.4, -0.2) is 60.0 Å². The number of para-hydroxylation sites is 1. The number of carbonyl (C=O) groups excluding carboxylic acids is 1. The van der Waals surface area contributed by atoms with Crippen LogP contribution in [0.5, 0.6) is 5.75 Å². The van der Waals surface area contributed by atoms with Crippen LogP contribution in [-0.2, 0) is 17.6 Å². The normalized spacial score (nSPS) is 14.6. The lowest BCUT2D eigenvalue weighted by molar-refractivity contribution is -0.132. The predicted molar refractivity (Wildman–Crippen MR) is 120 cm³/mol. The fourth-order valence-electron chi connectivity index (χ4n) is 3.58. The van der Waals surface area contributed by atoms with E-state index in [0.29, 0.717) is 13.0 Å². The van der Waals surface area contributed by atoms with Crippen LogP contribution in [0.25, 0.3) is 0 Å². The fraction of sp³-hybridized carbons (Fsp3) is 0.333. The SMILES string of the molecule is O=C(Cc1csc(Cc2ccccc2)n1)N1CCN(CCOc2ccccc2)CC1. The lowest BCUT2D eigenvalue weighted by Gasteiger charge is -2.34. The second kappa shape index (κ2) is 10.4. The highest BCUT2D eigenvalue weighted by Gasteiger charge is 2.21. The summed E-state index contributed by atoms with van der Waals surface area (Å²) < 4.78 is 5.78. The monoisotopic (exact) mass is 421 g/mol. The Balaban J connectivity index is 1.18. The zero-order chi connectivity index (χ0) is 20.6. The van der Waals surface area contributed by atoms with E-state index in [1.807, 2.05) is 58.8 Å². The van der Waals surface area contributed by atoms with Crippen molar-refractivity contribution in [3.8, 4) is 5.75 Å². The summed E-state index contributed by atoms with van der Waals surface area (Å²) in [6.07, 6.45) is 1.21. The van der Waals surface area contributed by atoms with E-state index in [1.54, 1.807) is 11.3 Å². The molecule has 1 aliphatic heterocycles. The number of hydrogen-bond donors (Lipinski definition) is 0. The van der Waals surface area contributed by atoms with Gasteiger partial charge < -0.3 is 9.64 Å². The number of rotatable bonds is 8. The van der Waals surface area contributed by atoms with E-state index in [-0.39, 0.29) is 5.91 Å². The molecule has 0 spiro atoms. The zero-order valence-corrected chi connectivity index (χ0v) is 17.9. The number of amides is 1. The molecule has 0 aliphatic carbocycles. The maximum Gasteiger partial charge on any atom is 0.228 e. The van der Waals surface area contributed by atoms with Crippen LogP contribution in [0.4, 0.5) is 0 Å². The quantitative estimate of drug-likeness (QED) is 0.559. The summed E-state index contributed by atoms with van der Waals surface area (Å²) in [5, 5.41) is 3.08. The van der Waals surface area contributed by atoms with E-state index in [1.165, 1.54) is 5.56 Å². The summed E-state index contributed by atoms with van der Waals surface area (Å²) >= 11 is 1.64. The minimum atomic E-state index is 0.173. The summed E-state index contributed by atoms with van der Waals surface area (Å²) in [5.74, 6) is 1.08. The van der Waals surface area contributed by atoms with Gasteiger partial charge in [-0.1, -0.05) is 48.5 Å². The van der Waals surface area contributed by atoms with Crippen molar-refractivity contribution >= 4 is 17.2 Å². The molecule has 0 saturated carbocycles. The minimum Gasteiger partial charge on any atom is -0.492 e. The third kappa shape index (κ3) is 5.90. The van der Waals surface area contributed by atoms with Gasteiger partial charge in [0.05, 0.1) is 17.1 Å². The molecular weight excluding hydrogens is 394 g/mol. The summed E-state index contributed by atoms with van der Waals surface area (Å²) in [4.78, 5) is 21.7. The molecule has 5 nitrogen and oxygen atoms in total. The first kappa shape index (κ1) is 20.6. The lowest BCUT2D eigenvalue weighted by atomic mass is 10.2. The number of carbonyl (C=O) groups is 1. The van der Waals surface area contributed by atoms with E-state index >= 15 is 0 Å².